The molecular weight excluding hydrogens is 431 g/mol. The zero-order valence-electron chi connectivity index (χ0n) is 18.7. The number of nitrogens with zero attached hydrogens (tertiary/aromatic N) is 4. The molecule has 170 valence electrons. The van der Waals surface area contributed by atoms with Crippen molar-refractivity contribution in [2.75, 3.05) is 43.4 Å². The average molecular weight is 460 g/mol. The smallest absolute Gasteiger partial charge is 0.262 e. The maximum Gasteiger partial charge on any atom is 0.262 e. The molecule has 8 nitrogen and oxygen atoms in total. The Hall–Kier alpha value is -2.85. The maximum absolute atomic E-state index is 15.1. The van der Waals surface area contributed by atoms with Gasteiger partial charge in [0.15, 0.2) is 0 Å². The third-order valence-electron chi connectivity index (χ3n) is 5.85. The van der Waals surface area contributed by atoms with Crippen molar-refractivity contribution in [1.29, 1.82) is 0 Å². The van der Waals surface area contributed by atoms with Gasteiger partial charge in [0.2, 0.25) is 10.6 Å². The van der Waals surface area contributed by atoms with Gasteiger partial charge in [-0.25, -0.2) is 4.39 Å². The van der Waals surface area contributed by atoms with Gasteiger partial charge in [-0.1, -0.05) is 25.2 Å². The highest BCUT2D eigenvalue weighted by molar-refractivity contribution is 7.15. The number of hydrogen-bond acceptors (Lipinski definition) is 6. The summed E-state index contributed by atoms with van der Waals surface area (Å²) in [7, 11) is 2.13. The van der Waals surface area contributed by atoms with E-state index in [1.165, 1.54) is 22.3 Å². The van der Waals surface area contributed by atoms with Crippen LogP contribution in [0.25, 0.3) is 10.9 Å². The number of benzene rings is 1. The fourth-order valence-electron chi connectivity index (χ4n) is 3.88. The molecule has 3 heterocycles. The fraction of sp³-hybridized carbons (Fsp3) is 0.455. The molecular formula is C22H28FN6O2S+. The highest BCUT2D eigenvalue weighted by Crippen LogP contribution is 2.26. The van der Waals surface area contributed by atoms with Gasteiger partial charge in [-0.15, -0.1) is 10.2 Å². The molecule has 1 aliphatic rings. The second kappa shape index (κ2) is 8.95. The number of amides is 1. The Morgan fingerprint density at radius 1 is 1.28 bits per heavy atom. The van der Waals surface area contributed by atoms with Crippen LogP contribution in [0, 0.1) is 5.82 Å². The van der Waals surface area contributed by atoms with Crippen LogP contribution in [0.1, 0.15) is 42.1 Å². The van der Waals surface area contributed by atoms with E-state index in [1.807, 2.05) is 30.2 Å². The highest BCUT2D eigenvalue weighted by Gasteiger charge is 2.23. The van der Waals surface area contributed by atoms with E-state index in [0.29, 0.717) is 22.9 Å². The molecule has 1 saturated heterocycles. The van der Waals surface area contributed by atoms with E-state index in [1.54, 1.807) is 12.3 Å². The van der Waals surface area contributed by atoms with Crippen molar-refractivity contribution in [2.24, 2.45) is 0 Å². The van der Waals surface area contributed by atoms with Gasteiger partial charge in [-0.2, -0.15) is 0 Å². The van der Waals surface area contributed by atoms with Crippen LogP contribution in [0.15, 0.2) is 23.1 Å². The van der Waals surface area contributed by atoms with Crippen LogP contribution < -0.4 is 20.5 Å². The van der Waals surface area contributed by atoms with Gasteiger partial charge in [0.25, 0.3) is 5.91 Å². The van der Waals surface area contributed by atoms with Crippen molar-refractivity contribution in [3.8, 4) is 0 Å². The summed E-state index contributed by atoms with van der Waals surface area (Å²) in [6, 6.07) is 3.00. The molecule has 2 N–H and O–H groups in total. The Bertz CT molecular complexity index is 1210. The van der Waals surface area contributed by atoms with E-state index >= 15 is 4.39 Å². The Morgan fingerprint density at radius 2 is 2.00 bits per heavy atom. The van der Waals surface area contributed by atoms with Crippen LogP contribution in [0.4, 0.5) is 15.2 Å². The number of likely N-dealkylation sites (N-methyl/N-ethyl adjacent to an activating group) is 1. The monoisotopic (exact) mass is 459 g/mol. The van der Waals surface area contributed by atoms with Crippen LogP contribution in [-0.4, -0.2) is 53.9 Å². The molecule has 0 atom stereocenters. The molecule has 0 aliphatic carbocycles. The van der Waals surface area contributed by atoms with Crippen molar-refractivity contribution in [1.82, 2.24) is 14.8 Å². The third-order valence-corrected chi connectivity index (χ3v) is 6.99. The van der Waals surface area contributed by atoms with E-state index in [2.05, 4.69) is 22.6 Å². The molecule has 1 aromatic carbocycles. The maximum atomic E-state index is 15.1. The largest absolute Gasteiger partial charge is 0.358 e. The zero-order chi connectivity index (χ0) is 23.0. The molecule has 32 heavy (non-hydrogen) atoms. The Kier molecular flexibility index (Phi) is 6.25. The minimum Gasteiger partial charge on any atom is -0.358 e. The highest BCUT2D eigenvalue weighted by atomic mass is 32.1. The summed E-state index contributed by atoms with van der Waals surface area (Å²) in [6.07, 6.45) is 1.54. The van der Waals surface area contributed by atoms with E-state index < -0.39 is 17.2 Å². The van der Waals surface area contributed by atoms with Gasteiger partial charge in [0.05, 0.1) is 44.4 Å². The van der Waals surface area contributed by atoms with Gasteiger partial charge in [0, 0.05) is 24.0 Å². The molecule has 0 radical (unpaired) electrons. The topological polar surface area (TPSA) is 84.6 Å². The van der Waals surface area contributed by atoms with E-state index in [9.17, 15) is 9.59 Å². The van der Waals surface area contributed by atoms with Crippen molar-refractivity contribution in [3.05, 3.63) is 44.9 Å². The molecule has 0 saturated carbocycles. The summed E-state index contributed by atoms with van der Waals surface area (Å²) in [5, 5.41) is 12.0. The molecule has 0 spiro atoms. The second-order valence-electron chi connectivity index (χ2n) is 8.48. The molecule has 1 fully saturated rings. The van der Waals surface area contributed by atoms with E-state index in [0.717, 1.165) is 31.2 Å². The molecule has 3 aromatic rings. The number of piperazine rings is 1. The number of nitrogens with one attached hydrogen (secondary N) is 2. The molecule has 1 aliphatic heterocycles. The minimum absolute atomic E-state index is 0.0454. The van der Waals surface area contributed by atoms with Gasteiger partial charge in [0.1, 0.15) is 16.4 Å². The lowest BCUT2D eigenvalue weighted by molar-refractivity contribution is -0.880. The van der Waals surface area contributed by atoms with Crippen molar-refractivity contribution in [2.45, 2.75) is 33.2 Å². The van der Waals surface area contributed by atoms with Crippen molar-refractivity contribution >= 4 is 39.0 Å². The number of rotatable bonds is 5. The first kappa shape index (κ1) is 22.3. The normalized spacial score (nSPS) is 15.0. The number of aryl methyl sites for hydroxylation is 1. The van der Waals surface area contributed by atoms with Crippen LogP contribution in [0.3, 0.4) is 0 Å². The Morgan fingerprint density at radius 3 is 2.62 bits per heavy atom. The first-order chi connectivity index (χ1) is 15.3. The number of carbonyl (C=O) groups excluding carboxylic acids is 1. The molecule has 0 bridgehead atoms. The molecule has 0 unspecified atom stereocenters. The summed E-state index contributed by atoms with van der Waals surface area (Å²) in [5.74, 6) is -0.827. The van der Waals surface area contributed by atoms with Crippen LogP contribution >= 0.6 is 11.3 Å². The van der Waals surface area contributed by atoms with Gasteiger partial charge < -0.3 is 14.4 Å². The van der Waals surface area contributed by atoms with Gasteiger partial charge in [-0.05, 0) is 19.1 Å². The fourth-order valence-corrected chi connectivity index (χ4v) is 4.62. The summed E-state index contributed by atoms with van der Waals surface area (Å²) >= 11 is 1.27. The second-order valence-corrected chi connectivity index (χ2v) is 9.49. The molecule has 4 rings (SSSR count). The van der Waals surface area contributed by atoms with Crippen molar-refractivity contribution < 1.29 is 14.1 Å². The standard InChI is InChI=1S/C22H27FN6O2S/c1-5-28-12-15(20(31)24-22-26-25-21(32-22)13(2)3)19(30)14-10-16(23)18(11-17(14)28)29-8-6-27(4)7-9-29/h10-13H,5-9H2,1-4H3,(H,24,26,31)/p+1. The zero-order valence-corrected chi connectivity index (χ0v) is 19.6. The van der Waals surface area contributed by atoms with E-state index in [4.69, 9.17) is 0 Å². The number of anilines is 2. The number of halogens is 1. The molecule has 10 heteroatoms. The summed E-state index contributed by atoms with van der Waals surface area (Å²) < 4.78 is 16.9. The molecule has 1 amide bonds. The lowest BCUT2D eigenvalue weighted by Gasteiger charge is -2.32. The number of quaternary nitrogens is 1. The SMILES string of the molecule is CCn1cc(C(=O)Nc2nnc(C(C)C)s2)c(=O)c2cc(F)c(N3CC[NH+](C)CC3)cc21. The lowest BCUT2D eigenvalue weighted by Crippen LogP contribution is -3.12. The van der Waals surface area contributed by atoms with Crippen LogP contribution in [0.5, 0.6) is 0 Å². The van der Waals surface area contributed by atoms with Crippen molar-refractivity contribution in [3.63, 3.8) is 0 Å². The number of carbonyl (C=O) groups is 1. The number of fused-ring (bicyclic) bond motifs is 1. The molecule has 2 aromatic heterocycles. The quantitative estimate of drug-likeness (QED) is 0.607. The van der Waals surface area contributed by atoms with Gasteiger partial charge in [-0.3, -0.25) is 14.9 Å². The average Bonchev–Trinajstić information content (AvgIpc) is 3.23. The van der Waals surface area contributed by atoms with Crippen LogP contribution in [-0.2, 0) is 6.54 Å². The summed E-state index contributed by atoms with van der Waals surface area (Å²) in [4.78, 5) is 29.4. The first-order valence-corrected chi connectivity index (χ1v) is 11.7. The number of pyridine rings is 1. The Balaban J connectivity index is 1.72. The summed E-state index contributed by atoms with van der Waals surface area (Å²) in [6.45, 7) is 9.81. The Labute approximate surface area is 189 Å². The van der Waals surface area contributed by atoms with Crippen LogP contribution in [0.2, 0.25) is 0 Å². The van der Waals surface area contributed by atoms with Gasteiger partial charge >= 0.3 is 0 Å². The number of hydrogen-bond donors (Lipinski definition) is 2. The lowest BCUT2D eigenvalue weighted by atomic mass is 10.1. The predicted octanol–water partition coefficient (Wildman–Crippen LogP) is 1.72. The number of aromatic nitrogens is 3. The first-order valence-electron chi connectivity index (χ1n) is 10.9. The minimum atomic E-state index is -0.572. The van der Waals surface area contributed by atoms with E-state index in [-0.39, 0.29) is 16.9 Å². The predicted molar refractivity (Wildman–Crippen MR) is 125 cm³/mol. The third kappa shape index (κ3) is 4.24. The summed E-state index contributed by atoms with van der Waals surface area (Å²) in [5.41, 5.74) is 0.577.